The molecule has 2 rings (SSSR count). The molecule has 1 heterocycles. The van der Waals surface area contributed by atoms with E-state index in [4.69, 9.17) is 0 Å². The van der Waals surface area contributed by atoms with Crippen molar-refractivity contribution in [1.82, 2.24) is 9.55 Å². The molecule has 1 fully saturated rings. The van der Waals surface area contributed by atoms with E-state index >= 15 is 0 Å². The standard InChI is InChI=1S/C12H20N2O/c1-3-14-9-8-13-11(14)12(15)6-4-10(2)5-7-12/h8-10,15H,3-7H2,1-2H3. The van der Waals surface area contributed by atoms with Gasteiger partial charge in [-0.3, -0.25) is 0 Å². The summed E-state index contributed by atoms with van der Waals surface area (Å²) in [6.45, 7) is 5.22. The van der Waals surface area contributed by atoms with Crippen molar-refractivity contribution >= 4 is 0 Å². The molecular formula is C12H20N2O. The number of rotatable bonds is 2. The number of hydrogen-bond donors (Lipinski definition) is 1. The third-order valence-electron chi connectivity index (χ3n) is 3.57. The Balaban J connectivity index is 2.22. The molecule has 0 atom stereocenters. The summed E-state index contributed by atoms with van der Waals surface area (Å²) < 4.78 is 2.05. The van der Waals surface area contributed by atoms with Gasteiger partial charge in [-0.1, -0.05) is 6.92 Å². The fourth-order valence-electron chi connectivity index (χ4n) is 2.44. The lowest BCUT2D eigenvalue weighted by Gasteiger charge is -2.34. The molecule has 0 aromatic carbocycles. The Morgan fingerprint density at radius 1 is 1.53 bits per heavy atom. The molecule has 0 amide bonds. The van der Waals surface area contributed by atoms with Gasteiger partial charge in [0.1, 0.15) is 11.4 Å². The predicted octanol–water partition coefficient (Wildman–Crippen LogP) is 2.30. The number of hydrogen-bond acceptors (Lipinski definition) is 2. The first kappa shape index (κ1) is 10.7. The monoisotopic (exact) mass is 208 g/mol. The largest absolute Gasteiger partial charge is 0.382 e. The van der Waals surface area contributed by atoms with Crippen LogP contribution in [0.5, 0.6) is 0 Å². The molecule has 0 bridgehead atoms. The Morgan fingerprint density at radius 3 is 2.80 bits per heavy atom. The maximum Gasteiger partial charge on any atom is 0.140 e. The molecule has 84 valence electrons. The summed E-state index contributed by atoms with van der Waals surface area (Å²) >= 11 is 0. The van der Waals surface area contributed by atoms with Gasteiger partial charge in [0.25, 0.3) is 0 Å². The Hall–Kier alpha value is -0.830. The van der Waals surface area contributed by atoms with E-state index in [9.17, 15) is 5.11 Å². The van der Waals surface area contributed by atoms with Crippen LogP contribution in [0.25, 0.3) is 0 Å². The summed E-state index contributed by atoms with van der Waals surface area (Å²) in [5.74, 6) is 1.60. The normalized spacial score (nSPS) is 31.8. The van der Waals surface area contributed by atoms with E-state index in [2.05, 4.69) is 23.4 Å². The molecule has 3 nitrogen and oxygen atoms in total. The second kappa shape index (κ2) is 3.97. The van der Waals surface area contributed by atoms with Gasteiger partial charge >= 0.3 is 0 Å². The highest BCUT2D eigenvalue weighted by Crippen LogP contribution is 2.38. The smallest absolute Gasteiger partial charge is 0.140 e. The van der Waals surface area contributed by atoms with Gasteiger partial charge in [0.2, 0.25) is 0 Å². The molecular weight excluding hydrogens is 188 g/mol. The zero-order valence-corrected chi connectivity index (χ0v) is 9.61. The van der Waals surface area contributed by atoms with E-state index in [1.807, 2.05) is 6.20 Å². The first-order chi connectivity index (χ1) is 7.15. The molecule has 1 aliphatic carbocycles. The van der Waals surface area contributed by atoms with Crippen molar-refractivity contribution in [3.63, 3.8) is 0 Å². The minimum atomic E-state index is -0.675. The minimum absolute atomic E-state index is 0.675. The van der Waals surface area contributed by atoms with Gasteiger partial charge < -0.3 is 9.67 Å². The van der Waals surface area contributed by atoms with Gasteiger partial charge in [-0.15, -0.1) is 0 Å². The van der Waals surface area contributed by atoms with Gasteiger partial charge in [0, 0.05) is 18.9 Å². The van der Waals surface area contributed by atoms with Gasteiger partial charge in [-0.2, -0.15) is 0 Å². The first-order valence-corrected chi connectivity index (χ1v) is 5.89. The summed E-state index contributed by atoms with van der Waals surface area (Å²) in [4.78, 5) is 4.32. The summed E-state index contributed by atoms with van der Waals surface area (Å²) in [5, 5.41) is 10.6. The van der Waals surface area contributed by atoms with Crippen molar-refractivity contribution in [1.29, 1.82) is 0 Å². The summed E-state index contributed by atoms with van der Waals surface area (Å²) in [6.07, 6.45) is 7.65. The minimum Gasteiger partial charge on any atom is -0.382 e. The van der Waals surface area contributed by atoms with Crippen molar-refractivity contribution in [2.24, 2.45) is 5.92 Å². The van der Waals surface area contributed by atoms with E-state index < -0.39 is 5.60 Å². The Bertz CT molecular complexity index is 324. The van der Waals surface area contributed by atoms with E-state index in [1.165, 1.54) is 0 Å². The lowest BCUT2D eigenvalue weighted by molar-refractivity contribution is -0.0225. The molecule has 0 unspecified atom stereocenters. The number of nitrogens with zero attached hydrogens (tertiary/aromatic N) is 2. The van der Waals surface area contributed by atoms with E-state index in [0.717, 1.165) is 44.0 Å². The maximum absolute atomic E-state index is 10.6. The van der Waals surface area contributed by atoms with Crippen LogP contribution in [0, 0.1) is 5.92 Å². The number of aliphatic hydroxyl groups is 1. The zero-order chi connectivity index (χ0) is 10.9. The first-order valence-electron chi connectivity index (χ1n) is 5.89. The topological polar surface area (TPSA) is 38.0 Å². The third kappa shape index (κ3) is 1.93. The molecule has 3 heteroatoms. The summed E-state index contributed by atoms with van der Waals surface area (Å²) in [6, 6.07) is 0. The molecule has 1 aliphatic rings. The van der Waals surface area contributed by atoms with Gasteiger partial charge in [0.05, 0.1) is 0 Å². The summed E-state index contributed by atoms with van der Waals surface area (Å²) in [7, 11) is 0. The third-order valence-corrected chi connectivity index (χ3v) is 3.57. The highest BCUT2D eigenvalue weighted by atomic mass is 16.3. The molecule has 1 aromatic heterocycles. The molecule has 1 N–H and O–H groups in total. The summed E-state index contributed by atoms with van der Waals surface area (Å²) in [5.41, 5.74) is -0.675. The fourth-order valence-corrected chi connectivity index (χ4v) is 2.44. The fraction of sp³-hybridized carbons (Fsp3) is 0.750. The Kier molecular flexibility index (Phi) is 2.83. The van der Waals surface area contributed by atoms with E-state index in [1.54, 1.807) is 6.20 Å². The molecule has 0 saturated heterocycles. The average Bonchev–Trinajstić information content (AvgIpc) is 2.71. The maximum atomic E-state index is 10.6. The Labute approximate surface area is 91.1 Å². The van der Waals surface area contributed by atoms with Gasteiger partial charge in [-0.25, -0.2) is 4.98 Å². The number of aromatic nitrogens is 2. The van der Waals surface area contributed by atoms with E-state index in [0.29, 0.717) is 0 Å². The van der Waals surface area contributed by atoms with Crippen LogP contribution in [0.4, 0.5) is 0 Å². The molecule has 0 spiro atoms. The molecule has 0 radical (unpaired) electrons. The van der Waals surface area contributed by atoms with Crippen LogP contribution in [0.2, 0.25) is 0 Å². The average molecular weight is 208 g/mol. The van der Waals surface area contributed by atoms with Crippen molar-refractivity contribution in [2.75, 3.05) is 0 Å². The van der Waals surface area contributed by atoms with E-state index in [-0.39, 0.29) is 0 Å². The van der Waals surface area contributed by atoms with Crippen molar-refractivity contribution in [3.8, 4) is 0 Å². The Morgan fingerprint density at radius 2 is 2.20 bits per heavy atom. The van der Waals surface area contributed by atoms with Crippen LogP contribution in [-0.4, -0.2) is 14.7 Å². The van der Waals surface area contributed by atoms with Crippen molar-refractivity contribution in [3.05, 3.63) is 18.2 Å². The lowest BCUT2D eigenvalue weighted by Crippen LogP contribution is -2.33. The van der Waals surface area contributed by atoms with Crippen molar-refractivity contribution in [2.45, 2.75) is 51.7 Å². The van der Waals surface area contributed by atoms with Crippen LogP contribution in [0.3, 0.4) is 0 Å². The SMILES string of the molecule is CCn1ccnc1C1(O)CCC(C)CC1. The van der Waals surface area contributed by atoms with Gasteiger partial charge in [-0.05, 0) is 38.5 Å². The quantitative estimate of drug-likeness (QED) is 0.809. The molecule has 1 aromatic rings. The van der Waals surface area contributed by atoms with Gasteiger partial charge in [0.15, 0.2) is 0 Å². The molecule has 1 saturated carbocycles. The van der Waals surface area contributed by atoms with Crippen LogP contribution in [-0.2, 0) is 12.1 Å². The number of imidazole rings is 1. The van der Waals surface area contributed by atoms with Crippen molar-refractivity contribution < 1.29 is 5.11 Å². The second-order valence-electron chi connectivity index (χ2n) is 4.75. The number of aryl methyl sites for hydroxylation is 1. The van der Waals surface area contributed by atoms with Crippen LogP contribution in [0.1, 0.15) is 45.4 Å². The second-order valence-corrected chi connectivity index (χ2v) is 4.75. The lowest BCUT2D eigenvalue weighted by atomic mass is 9.79. The molecule has 0 aliphatic heterocycles. The predicted molar refractivity (Wildman–Crippen MR) is 59.4 cm³/mol. The zero-order valence-electron chi connectivity index (χ0n) is 9.61. The van der Waals surface area contributed by atoms with Crippen LogP contribution in [0.15, 0.2) is 12.4 Å². The molecule has 15 heavy (non-hydrogen) atoms. The van der Waals surface area contributed by atoms with Crippen LogP contribution < -0.4 is 0 Å². The highest BCUT2D eigenvalue weighted by Gasteiger charge is 2.36. The van der Waals surface area contributed by atoms with Crippen LogP contribution >= 0.6 is 0 Å². The highest BCUT2D eigenvalue weighted by molar-refractivity contribution is 5.06.